The van der Waals surface area contributed by atoms with Crippen molar-refractivity contribution < 1.29 is 4.79 Å². The van der Waals surface area contributed by atoms with Crippen LogP contribution in [0.25, 0.3) is 11.4 Å². The predicted molar refractivity (Wildman–Crippen MR) is 92.4 cm³/mol. The lowest BCUT2D eigenvalue weighted by molar-refractivity contribution is -0.117. The van der Waals surface area contributed by atoms with Gasteiger partial charge in [-0.15, -0.1) is 10.2 Å². The number of tetrazole rings is 1. The van der Waals surface area contributed by atoms with E-state index in [9.17, 15) is 4.79 Å². The van der Waals surface area contributed by atoms with Crippen LogP contribution in [0.2, 0.25) is 0 Å². The molecule has 0 aliphatic carbocycles. The topological polar surface area (TPSA) is 72.7 Å². The van der Waals surface area contributed by atoms with E-state index in [-0.39, 0.29) is 12.5 Å². The van der Waals surface area contributed by atoms with Crippen molar-refractivity contribution in [1.29, 1.82) is 0 Å². The molecule has 1 heterocycles. The van der Waals surface area contributed by atoms with Crippen LogP contribution in [-0.2, 0) is 11.3 Å². The van der Waals surface area contributed by atoms with Gasteiger partial charge in [-0.05, 0) is 28.8 Å². The number of nitrogens with zero attached hydrogens (tertiary/aromatic N) is 4. The lowest BCUT2D eigenvalue weighted by Crippen LogP contribution is -2.20. The highest BCUT2D eigenvalue weighted by atomic mass is 16.2. The number of carbonyl (C=O) groups excluding carboxylic acids is 1. The molecule has 122 valence electrons. The number of carbonyl (C=O) groups is 1. The maximum absolute atomic E-state index is 12.2. The van der Waals surface area contributed by atoms with Gasteiger partial charge in [-0.1, -0.05) is 56.3 Å². The first kappa shape index (κ1) is 15.9. The van der Waals surface area contributed by atoms with Gasteiger partial charge in [0.2, 0.25) is 11.7 Å². The number of nitrogens with one attached hydrogen (secondary N) is 1. The van der Waals surface area contributed by atoms with E-state index >= 15 is 0 Å². The van der Waals surface area contributed by atoms with Crippen molar-refractivity contribution in [3.63, 3.8) is 0 Å². The summed E-state index contributed by atoms with van der Waals surface area (Å²) in [6.45, 7) is 4.25. The van der Waals surface area contributed by atoms with E-state index in [4.69, 9.17) is 0 Å². The van der Waals surface area contributed by atoms with E-state index in [0.29, 0.717) is 11.7 Å². The van der Waals surface area contributed by atoms with Gasteiger partial charge in [0.15, 0.2) is 0 Å². The van der Waals surface area contributed by atoms with Crippen molar-refractivity contribution in [2.24, 2.45) is 0 Å². The number of benzene rings is 2. The zero-order valence-corrected chi connectivity index (χ0v) is 13.7. The predicted octanol–water partition coefficient (Wildman–Crippen LogP) is 3.10. The zero-order chi connectivity index (χ0) is 16.9. The Kier molecular flexibility index (Phi) is 4.65. The Hall–Kier alpha value is -3.02. The van der Waals surface area contributed by atoms with Crippen LogP contribution in [0.1, 0.15) is 25.3 Å². The lowest BCUT2D eigenvalue weighted by atomic mass is 10.0. The van der Waals surface area contributed by atoms with Gasteiger partial charge >= 0.3 is 0 Å². The normalized spacial score (nSPS) is 10.8. The van der Waals surface area contributed by atoms with Crippen molar-refractivity contribution in [2.45, 2.75) is 26.3 Å². The third-order valence-corrected chi connectivity index (χ3v) is 3.61. The second kappa shape index (κ2) is 7.04. The average molecular weight is 321 g/mol. The summed E-state index contributed by atoms with van der Waals surface area (Å²) >= 11 is 0. The first-order chi connectivity index (χ1) is 11.6. The Morgan fingerprint density at radius 2 is 1.92 bits per heavy atom. The molecule has 0 aliphatic rings. The second-order valence-electron chi connectivity index (χ2n) is 5.84. The highest BCUT2D eigenvalue weighted by molar-refractivity contribution is 5.90. The van der Waals surface area contributed by atoms with E-state index in [1.807, 2.05) is 54.6 Å². The molecule has 6 heteroatoms. The first-order valence-electron chi connectivity index (χ1n) is 7.85. The molecule has 3 aromatic rings. The molecular weight excluding hydrogens is 302 g/mol. The standard InChI is InChI=1S/C18H19N5O/c1-13(2)15-9-6-10-16(11-15)19-17(24)12-23-21-18(20-22-23)14-7-4-3-5-8-14/h3-11,13H,12H2,1-2H3,(H,19,24). The summed E-state index contributed by atoms with van der Waals surface area (Å²) in [4.78, 5) is 13.5. The Morgan fingerprint density at radius 1 is 1.12 bits per heavy atom. The number of hydrogen-bond acceptors (Lipinski definition) is 4. The highest BCUT2D eigenvalue weighted by Gasteiger charge is 2.10. The third-order valence-electron chi connectivity index (χ3n) is 3.61. The van der Waals surface area contributed by atoms with Crippen LogP contribution in [0, 0.1) is 0 Å². The van der Waals surface area contributed by atoms with Crippen molar-refractivity contribution in [3.05, 3.63) is 60.2 Å². The van der Waals surface area contributed by atoms with Crippen molar-refractivity contribution in [1.82, 2.24) is 20.2 Å². The average Bonchev–Trinajstić information content (AvgIpc) is 3.04. The number of rotatable bonds is 5. The molecular formula is C18H19N5O. The molecule has 1 N–H and O–H groups in total. The molecule has 6 nitrogen and oxygen atoms in total. The van der Waals surface area contributed by atoms with E-state index in [1.165, 1.54) is 10.4 Å². The van der Waals surface area contributed by atoms with Gasteiger partial charge in [0.1, 0.15) is 6.54 Å². The van der Waals surface area contributed by atoms with Crippen LogP contribution >= 0.6 is 0 Å². The maximum Gasteiger partial charge on any atom is 0.248 e. The summed E-state index contributed by atoms with van der Waals surface area (Å²) < 4.78 is 0. The zero-order valence-electron chi connectivity index (χ0n) is 13.7. The van der Waals surface area contributed by atoms with E-state index in [2.05, 4.69) is 34.6 Å². The fraction of sp³-hybridized carbons (Fsp3) is 0.222. The van der Waals surface area contributed by atoms with E-state index in [1.54, 1.807) is 0 Å². The molecule has 0 saturated carbocycles. The summed E-state index contributed by atoms with van der Waals surface area (Å²) in [6.07, 6.45) is 0. The molecule has 0 bridgehead atoms. The fourth-order valence-electron chi connectivity index (χ4n) is 2.32. The van der Waals surface area contributed by atoms with Gasteiger partial charge in [0, 0.05) is 11.3 Å². The Labute approximate surface area is 140 Å². The Morgan fingerprint density at radius 3 is 2.67 bits per heavy atom. The SMILES string of the molecule is CC(C)c1cccc(NC(=O)Cn2nnc(-c3ccccc3)n2)c1. The summed E-state index contributed by atoms with van der Waals surface area (Å²) in [5.41, 5.74) is 2.82. The number of amides is 1. The summed E-state index contributed by atoms with van der Waals surface area (Å²) in [5, 5.41) is 15.0. The van der Waals surface area contributed by atoms with Crippen LogP contribution in [0.4, 0.5) is 5.69 Å². The summed E-state index contributed by atoms with van der Waals surface area (Å²) in [7, 11) is 0. The van der Waals surface area contributed by atoms with Crippen LogP contribution in [-0.4, -0.2) is 26.1 Å². The molecule has 0 atom stereocenters. The highest BCUT2D eigenvalue weighted by Crippen LogP contribution is 2.18. The molecule has 3 rings (SSSR count). The molecule has 0 spiro atoms. The van der Waals surface area contributed by atoms with Crippen molar-refractivity contribution >= 4 is 11.6 Å². The van der Waals surface area contributed by atoms with E-state index in [0.717, 1.165) is 11.3 Å². The van der Waals surface area contributed by atoms with E-state index < -0.39 is 0 Å². The summed E-state index contributed by atoms with van der Waals surface area (Å²) in [6, 6.07) is 17.4. The van der Waals surface area contributed by atoms with Crippen molar-refractivity contribution in [3.8, 4) is 11.4 Å². The van der Waals surface area contributed by atoms with Gasteiger partial charge in [-0.25, -0.2) is 0 Å². The largest absolute Gasteiger partial charge is 0.324 e. The Balaban J connectivity index is 1.65. The van der Waals surface area contributed by atoms with Crippen LogP contribution in [0.3, 0.4) is 0 Å². The summed E-state index contributed by atoms with van der Waals surface area (Å²) in [5.74, 6) is 0.727. The molecule has 24 heavy (non-hydrogen) atoms. The Bertz CT molecular complexity index is 826. The first-order valence-corrected chi connectivity index (χ1v) is 7.85. The van der Waals surface area contributed by atoms with Gasteiger partial charge in [0.05, 0.1) is 0 Å². The second-order valence-corrected chi connectivity index (χ2v) is 5.84. The molecule has 0 saturated heterocycles. The lowest BCUT2D eigenvalue weighted by Gasteiger charge is -2.09. The van der Waals surface area contributed by atoms with Gasteiger partial charge in [0.25, 0.3) is 0 Å². The quantitative estimate of drug-likeness (QED) is 0.783. The molecule has 0 fully saturated rings. The number of aromatic nitrogens is 4. The third kappa shape index (κ3) is 3.84. The molecule has 1 aromatic heterocycles. The van der Waals surface area contributed by atoms with Gasteiger partial charge in [-0.2, -0.15) is 4.80 Å². The van der Waals surface area contributed by atoms with Crippen LogP contribution in [0.5, 0.6) is 0 Å². The van der Waals surface area contributed by atoms with Gasteiger partial charge < -0.3 is 5.32 Å². The maximum atomic E-state index is 12.2. The molecule has 0 aliphatic heterocycles. The molecule has 1 amide bonds. The van der Waals surface area contributed by atoms with Crippen LogP contribution in [0.15, 0.2) is 54.6 Å². The molecule has 2 aromatic carbocycles. The number of anilines is 1. The minimum absolute atomic E-state index is 0.0196. The molecule has 0 radical (unpaired) electrons. The fourth-order valence-corrected chi connectivity index (χ4v) is 2.32. The van der Waals surface area contributed by atoms with Gasteiger partial charge in [-0.3, -0.25) is 4.79 Å². The van der Waals surface area contributed by atoms with Crippen LogP contribution < -0.4 is 5.32 Å². The van der Waals surface area contributed by atoms with Crippen molar-refractivity contribution in [2.75, 3.05) is 5.32 Å². The minimum Gasteiger partial charge on any atom is -0.324 e. The minimum atomic E-state index is -0.187. The smallest absolute Gasteiger partial charge is 0.248 e. The monoisotopic (exact) mass is 321 g/mol. The molecule has 0 unspecified atom stereocenters. The number of hydrogen-bond donors (Lipinski definition) is 1.